The highest BCUT2D eigenvalue weighted by molar-refractivity contribution is 9.10. The van der Waals surface area contributed by atoms with Crippen molar-refractivity contribution in [3.8, 4) is 16.9 Å². The predicted molar refractivity (Wildman–Crippen MR) is 98.9 cm³/mol. The molecule has 0 radical (unpaired) electrons. The number of benzene rings is 3. The summed E-state index contributed by atoms with van der Waals surface area (Å²) in [4.78, 5) is 4.81. The third-order valence-corrected chi connectivity index (χ3v) is 4.82. The molecule has 0 saturated carbocycles. The van der Waals surface area contributed by atoms with E-state index in [9.17, 15) is 0 Å². The van der Waals surface area contributed by atoms with E-state index in [-0.39, 0.29) is 0 Å². The number of para-hydroxylation sites is 1. The summed E-state index contributed by atoms with van der Waals surface area (Å²) < 4.78 is 6.42. The summed E-state index contributed by atoms with van der Waals surface area (Å²) in [6.45, 7) is 0. The Morgan fingerprint density at radius 2 is 1.57 bits per heavy atom. The Bertz CT molecular complexity index is 1010. The fourth-order valence-corrected chi connectivity index (χ4v) is 3.68. The second-order valence-corrected chi connectivity index (χ2v) is 6.14. The zero-order chi connectivity index (χ0) is 15.8. The highest BCUT2D eigenvalue weighted by Gasteiger charge is 2.15. The maximum absolute atomic E-state index is 5.48. The van der Waals surface area contributed by atoms with Crippen LogP contribution >= 0.6 is 15.9 Å². The minimum absolute atomic E-state index is 0.812. The molecule has 3 aromatic carbocycles. The van der Waals surface area contributed by atoms with Crippen LogP contribution < -0.4 is 4.74 Å². The largest absolute Gasteiger partial charge is 0.496 e. The monoisotopic (exact) mass is 363 g/mol. The van der Waals surface area contributed by atoms with Crippen LogP contribution in [0.3, 0.4) is 0 Å². The van der Waals surface area contributed by atoms with E-state index in [1.165, 1.54) is 11.1 Å². The van der Waals surface area contributed by atoms with Crippen LogP contribution in [-0.4, -0.2) is 12.1 Å². The molecule has 23 heavy (non-hydrogen) atoms. The minimum atomic E-state index is 0.812. The van der Waals surface area contributed by atoms with Crippen LogP contribution in [0, 0.1) is 0 Å². The first-order chi connectivity index (χ1) is 11.3. The molecule has 0 aliphatic rings. The van der Waals surface area contributed by atoms with Crippen molar-refractivity contribution < 1.29 is 4.74 Å². The van der Waals surface area contributed by atoms with Gasteiger partial charge in [0.2, 0.25) is 0 Å². The van der Waals surface area contributed by atoms with Crippen LogP contribution in [0.15, 0.2) is 71.2 Å². The Kier molecular flexibility index (Phi) is 3.50. The van der Waals surface area contributed by atoms with Crippen LogP contribution in [0.1, 0.15) is 0 Å². The van der Waals surface area contributed by atoms with E-state index < -0.39 is 0 Å². The van der Waals surface area contributed by atoms with Crippen molar-refractivity contribution >= 4 is 37.7 Å². The van der Waals surface area contributed by atoms with E-state index in [2.05, 4.69) is 58.4 Å². The molecule has 0 amide bonds. The van der Waals surface area contributed by atoms with Gasteiger partial charge < -0.3 is 4.74 Å². The Morgan fingerprint density at radius 3 is 2.35 bits per heavy atom. The zero-order valence-electron chi connectivity index (χ0n) is 12.6. The molecule has 1 aromatic heterocycles. The molecule has 0 N–H and O–H groups in total. The molecule has 0 atom stereocenters. The van der Waals surface area contributed by atoms with E-state index in [0.717, 1.165) is 32.0 Å². The number of hydrogen-bond acceptors (Lipinski definition) is 2. The molecule has 4 rings (SSSR count). The molecule has 112 valence electrons. The van der Waals surface area contributed by atoms with Crippen molar-refractivity contribution in [2.45, 2.75) is 0 Å². The van der Waals surface area contributed by atoms with Crippen molar-refractivity contribution in [3.05, 3.63) is 71.2 Å². The fraction of sp³-hybridized carbons (Fsp3) is 0.0500. The molecule has 0 bridgehead atoms. The summed E-state index contributed by atoms with van der Waals surface area (Å²) >= 11 is 3.71. The van der Waals surface area contributed by atoms with Crippen molar-refractivity contribution in [2.24, 2.45) is 0 Å². The molecular weight excluding hydrogens is 350 g/mol. The van der Waals surface area contributed by atoms with E-state index in [1.54, 1.807) is 7.11 Å². The number of rotatable bonds is 2. The second kappa shape index (κ2) is 5.67. The molecule has 0 saturated heterocycles. The van der Waals surface area contributed by atoms with Gasteiger partial charge >= 0.3 is 0 Å². The van der Waals surface area contributed by atoms with Crippen molar-refractivity contribution in [1.82, 2.24) is 4.98 Å². The highest BCUT2D eigenvalue weighted by Crippen LogP contribution is 2.41. The molecule has 3 heteroatoms. The summed E-state index contributed by atoms with van der Waals surface area (Å²) in [7, 11) is 1.68. The number of hydrogen-bond donors (Lipinski definition) is 0. The summed E-state index contributed by atoms with van der Waals surface area (Å²) in [6.07, 6.45) is 0. The quantitative estimate of drug-likeness (QED) is 0.418. The first-order valence-electron chi connectivity index (χ1n) is 7.40. The minimum Gasteiger partial charge on any atom is -0.496 e. The van der Waals surface area contributed by atoms with Crippen molar-refractivity contribution in [1.29, 1.82) is 0 Å². The van der Waals surface area contributed by atoms with Crippen LogP contribution in [0.4, 0.5) is 0 Å². The Balaban J connectivity index is 2.25. The topological polar surface area (TPSA) is 22.1 Å². The molecule has 2 nitrogen and oxygen atoms in total. The predicted octanol–water partition coefficient (Wildman–Crippen LogP) is 5.83. The molecule has 0 unspecified atom stereocenters. The standard InChI is InChI=1S/C20H14BrNO/c1-23-17-12-11-16-19(20(17)21)18(13-7-3-2-4-8-13)14-9-5-6-10-15(14)22-16/h2-12H,1H3. The number of aromatic nitrogens is 1. The van der Waals surface area contributed by atoms with Gasteiger partial charge in [-0.3, -0.25) is 0 Å². The first-order valence-corrected chi connectivity index (χ1v) is 8.19. The number of methoxy groups -OCH3 is 1. The van der Waals surface area contributed by atoms with Gasteiger partial charge in [-0.05, 0) is 39.7 Å². The number of nitrogens with zero attached hydrogens (tertiary/aromatic N) is 1. The maximum Gasteiger partial charge on any atom is 0.133 e. The van der Waals surface area contributed by atoms with E-state index in [0.29, 0.717) is 0 Å². The normalized spacial score (nSPS) is 11.0. The molecule has 0 aliphatic heterocycles. The van der Waals surface area contributed by atoms with Gasteiger partial charge in [0.15, 0.2) is 0 Å². The average Bonchev–Trinajstić information content (AvgIpc) is 2.61. The summed E-state index contributed by atoms with van der Waals surface area (Å²) in [5.74, 6) is 0.812. The lowest BCUT2D eigenvalue weighted by atomic mass is 9.96. The van der Waals surface area contributed by atoms with Gasteiger partial charge in [0, 0.05) is 16.3 Å². The fourth-order valence-electron chi connectivity index (χ4n) is 2.99. The summed E-state index contributed by atoms with van der Waals surface area (Å²) in [5, 5.41) is 2.22. The van der Waals surface area contributed by atoms with Gasteiger partial charge in [-0.25, -0.2) is 4.98 Å². The molecule has 4 aromatic rings. The van der Waals surface area contributed by atoms with Gasteiger partial charge in [-0.15, -0.1) is 0 Å². The van der Waals surface area contributed by atoms with Gasteiger partial charge in [-0.1, -0.05) is 48.5 Å². The van der Waals surface area contributed by atoms with Crippen molar-refractivity contribution in [3.63, 3.8) is 0 Å². The van der Waals surface area contributed by atoms with Crippen LogP contribution in [0.2, 0.25) is 0 Å². The van der Waals surface area contributed by atoms with E-state index in [1.807, 2.05) is 24.3 Å². The van der Waals surface area contributed by atoms with E-state index in [4.69, 9.17) is 9.72 Å². The lowest BCUT2D eigenvalue weighted by Crippen LogP contribution is -1.92. The molecule has 0 spiro atoms. The van der Waals surface area contributed by atoms with Crippen LogP contribution in [0.25, 0.3) is 32.9 Å². The summed E-state index contributed by atoms with van der Waals surface area (Å²) in [5.41, 5.74) is 4.30. The Labute approximate surface area is 142 Å². The van der Waals surface area contributed by atoms with Gasteiger partial charge in [0.1, 0.15) is 5.75 Å². The number of ether oxygens (including phenoxy) is 1. The van der Waals surface area contributed by atoms with Gasteiger partial charge in [-0.2, -0.15) is 0 Å². The summed E-state index contributed by atoms with van der Waals surface area (Å²) in [6, 6.07) is 22.6. The zero-order valence-corrected chi connectivity index (χ0v) is 14.2. The van der Waals surface area contributed by atoms with Gasteiger partial charge in [0.25, 0.3) is 0 Å². The van der Waals surface area contributed by atoms with Gasteiger partial charge in [0.05, 0.1) is 22.6 Å². The third-order valence-electron chi connectivity index (χ3n) is 4.03. The second-order valence-electron chi connectivity index (χ2n) is 5.35. The van der Waals surface area contributed by atoms with Crippen molar-refractivity contribution in [2.75, 3.05) is 7.11 Å². The number of pyridine rings is 1. The lowest BCUT2D eigenvalue weighted by Gasteiger charge is -2.14. The molecule has 1 heterocycles. The van der Waals surface area contributed by atoms with Crippen LogP contribution in [-0.2, 0) is 0 Å². The third kappa shape index (κ3) is 2.28. The number of fused-ring (bicyclic) bond motifs is 2. The molecule has 0 aliphatic carbocycles. The number of halogens is 1. The van der Waals surface area contributed by atoms with E-state index >= 15 is 0 Å². The Morgan fingerprint density at radius 1 is 0.826 bits per heavy atom. The molecular formula is C20H14BrNO. The smallest absolute Gasteiger partial charge is 0.133 e. The molecule has 0 fully saturated rings. The SMILES string of the molecule is COc1ccc2nc3ccccc3c(-c3ccccc3)c2c1Br. The Hall–Kier alpha value is -2.39. The highest BCUT2D eigenvalue weighted by atomic mass is 79.9. The first kappa shape index (κ1) is 14.2. The van der Waals surface area contributed by atoms with Crippen LogP contribution in [0.5, 0.6) is 5.75 Å². The average molecular weight is 364 g/mol. The lowest BCUT2D eigenvalue weighted by molar-refractivity contribution is 0.413. The maximum atomic E-state index is 5.48.